The van der Waals surface area contributed by atoms with Crippen LogP contribution in [-0.2, 0) is 16.6 Å². The zero-order valence-corrected chi connectivity index (χ0v) is 11.2. The summed E-state index contributed by atoms with van der Waals surface area (Å²) in [6, 6.07) is 13.2. The van der Waals surface area contributed by atoms with E-state index >= 15 is 0 Å². The Bertz CT molecular complexity index is 659. The minimum Gasteiger partial charge on any atom is -0.254 e. The van der Waals surface area contributed by atoms with Crippen LogP contribution in [0, 0.1) is 24.1 Å². The molecule has 2 aromatic rings. The lowest BCUT2D eigenvalue weighted by molar-refractivity contribution is 0.626. The van der Waals surface area contributed by atoms with Gasteiger partial charge in [-0.05, 0) is 42.8 Å². The fourth-order valence-electron chi connectivity index (χ4n) is 1.71. The highest BCUT2D eigenvalue weighted by atomic mass is 32.2. The van der Waals surface area contributed by atoms with Gasteiger partial charge in [0.05, 0.1) is 28.2 Å². The summed E-state index contributed by atoms with van der Waals surface area (Å²) < 4.78 is 25.4. The van der Waals surface area contributed by atoms with Crippen LogP contribution in [0.5, 0.6) is 0 Å². The van der Waals surface area contributed by atoms with Crippen molar-refractivity contribution in [3.8, 4) is 6.07 Å². The third-order valence-electron chi connectivity index (χ3n) is 2.76. The van der Waals surface area contributed by atoms with Gasteiger partial charge in [-0.25, -0.2) is 4.39 Å². The van der Waals surface area contributed by atoms with Gasteiger partial charge in [0.1, 0.15) is 5.82 Å². The standard InChI is InChI=1S/C15H12FNOS/c1-11-2-6-15(7-3-11)19(18)10-13-8-14(16)5-4-12(13)9-17/h2-8H,10H2,1H3. The fraction of sp³-hybridized carbons (Fsp3) is 0.133. The largest absolute Gasteiger partial charge is 0.254 e. The van der Waals surface area contributed by atoms with E-state index in [1.54, 1.807) is 12.1 Å². The molecule has 96 valence electrons. The van der Waals surface area contributed by atoms with Crippen LogP contribution in [0.4, 0.5) is 4.39 Å². The van der Waals surface area contributed by atoms with Crippen LogP contribution in [0.1, 0.15) is 16.7 Å². The van der Waals surface area contributed by atoms with Gasteiger partial charge in [-0.1, -0.05) is 17.7 Å². The summed E-state index contributed by atoms with van der Waals surface area (Å²) in [4.78, 5) is 0.679. The Morgan fingerprint density at radius 2 is 1.89 bits per heavy atom. The first-order valence-electron chi connectivity index (χ1n) is 5.74. The summed E-state index contributed by atoms with van der Waals surface area (Å²) in [7, 11) is -1.28. The smallest absolute Gasteiger partial charge is 0.123 e. The van der Waals surface area contributed by atoms with Crippen molar-refractivity contribution in [3.63, 3.8) is 0 Å². The average molecular weight is 273 g/mol. The molecule has 2 rings (SSSR count). The Labute approximate surface area is 114 Å². The van der Waals surface area contributed by atoms with E-state index in [1.165, 1.54) is 18.2 Å². The van der Waals surface area contributed by atoms with Crippen molar-refractivity contribution >= 4 is 10.8 Å². The number of nitriles is 1. The summed E-state index contributed by atoms with van der Waals surface area (Å²) in [6.07, 6.45) is 0. The number of aryl methyl sites for hydroxylation is 1. The van der Waals surface area contributed by atoms with Crippen LogP contribution >= 0.6 is 0 Å². The second-order valence-corrected chi connectivity index (χ2v) is 5.67. The van der Waals surface area contributed by atoms with E-state index in [4.69, 9.17) is 5.26 Å². The minimum absolute atomic E-state index is 0.143. The Kier molecular flexibility index (Phi) is 4.08. The van der Waals surface area contributed by atoms with Crippen LogP contribution in [0.2, 0.25) is 0 Å². The van der Waals surface area contributed by atoms with Gasteiger partial charge in [-0.3, -0.25) is 4.21 Å². The van der Waals surface area contributed by atoms with Crippen LogP contribution in [-0.4, -0.2) is 4.21 Å². The van der Waals surface area contributed by atoms with Gasteiger partial charge in [-0.15, -0.1) is 0 Å². The molecule has 1 atom stereocenters. The van der Waals surface area contributed by atoms with Crippen molar-refractivity contribution in [3.05, 3.63) is 65.0 Å². The van der Waals surface area contributed by atoms with Gasteiger partial charge in [0.25, 0.3) is 0 Å². The van der Waals surface area contributed by atoms with Gasteiger partial charge in [-0.2, -0.15) is 5.26 Å². The quantitative estimate of drug-likeness (QED) is 0.860. The van der Waals surface area contributed by atoms with Crippen molar-refractivity contribution < 1.29 is 8.60 Å². The molecule has 4 heteroatoms. The second-order valence-electron chi connectivity index (χ2n) is 4.22. The van der Waals surface area contributed by atoms with E-state index in [2.05, 4.69) is 0 Å². The fourth-order valence-corrected chi connectivity index (χ4v) is 2.83. The molecule has 0 saturated heterocycles. The molecule has 0 N–H and O–H groups in total. The summed E-state index contributed by atoms with van der Waals surface area (Å²) in [5, 5.41) is 8.96. The molecule has 19 heavy (non-hydrogen) atoms. The van der Waals surface area contributed by atoms with Gasteiger partial charge >= 0.3 is 0 Å². The molecule has 0 aromatic heterocycles. The zero-order valence-electron chi connectivity index (χ0n) is 10.4. The molecule has 0 aliphatic heterocycles. The molecule has 0 radical (unpaired) electrons. The molecular formula is C15H12FNOS. The van der Waals surface area contributed by atoms with E-state index < -0.39 is 16.6 Å². The SMILES string of the molecule is Cc1ccc(S(=O)Cc2cc(F)ccc2C#N)cc1. The third kappa shape index (κ3) is 3.27. The van der Waals surface area contributed by atoms with Crippen molar-refractivity contribution in [2.24, 2.45) is 0 Å². The molecular weight excluding hydrogens is 261 g/mol. The molecule has 0 aliphatic rings. The highest BCUT2D eigenvalue weighted by Gasteiger charge is 2.10. The summed E-state index contributed by atoms with van der Waals surface area (Å²) in [5.41, 5.74) is 1.92. The lowest BCUT2D eigenvalue weighted by Crippen LogP contribution is -1.99. The number of hydrogen-bond acceptors (Lipinski definition) is 2. The van der Waals surface area contributed by atoms with E-state index in [-0.39, 0.29) is 5.75 Å². The van der Waals surface area contributed by atoms with Crippen molar-refractivity contribution in [2.75, 3.05) is 0 Å². The predicted octanol–water partition coefficient (Wildman–Crippen LogP) is 3.31. The summed E-state index contributed by atoms with van der Waals surface area (Å²) >= 11 is 0. The number of hydrogen-bond donors (Lipinski definition) is 0. The van der Waals surface area contributed by atoms with Gasteiger partial charge in [0.2, 0.25) is 0 Å². The number of halogens is 1. The molecule has 0 aliphatic carbocycles. The van der Waals surface area contributed by atoms with Crippen LogP contribution in [0.15, 0.2) is 47.4 Å². The van der Waals surface area contributed by atoms with Crippen LogP contribution in [0.25, 0.3) is 0 Å². The predicted molar refractivity (Wildman–Crippen MR) is 72.4 cm³/mol. The van der Waals surface area contributed by atoms with Gasteiger partial charge in [0.15, 0.2) is 0 Å². The maximum absolute atomic E-state index is 13.2. The molecule has 0 spiro atoms. The van der Waals surface area contributed by atoms with Gasteiger partial charge in [0, 0.05) is 4.90 Å². The maximum atomic E-state index is 13.2. The molecule has 2 aromatic carbocycles. The summed E-state index contributed by atoms with van der Waals surface area (Å²) in [6.45, 7) is 1.95. The second kappa shape index (κ2) is 5.77. The molecule has 0 bridgehead atoms. The number of benzene rings is 2. The van der Waals surface area contributed by atoms with Crippen molar-refractivity contribution in [1.29, 1.82) is 5.26 Å². The van der Waals surface area contributed by atoms with Gasteiger partial charge < -0.3 is 0 Å². The Hall–Kier alpha value is -1.99. The summed E-state index contributed by atoms with van der Waals surface area (Å²) in [5.74, 6) is -0.279. The third-order valence-corrected chi connectivity index (χ3v) is 4.13. The molecule has 0 fully saturated rings. The van der Waals surface area contributed by atoms with E-state index in [1.807, 2.05) is 25.1 Å². The molecule has 0 heterocycles. The van der Waals surface area contributed by atoms with E-state index in [0.717, 1.165) is 5.56 Å². The molecule has 0 amide bonds. The first kappa shape index (κ1) is 13.4. The molecule has 2 nitrogen and oxygen atoms in total. The normalized spacial score (nSPS) is 11.8. The molecule has 0 saturated carbocycles. The highest BCUT2D eigenvalue weighted by molar-refractivity contribution is 7.84. The first-order valence-corrected chi connectivity index (χ1v) is 7.05. The van der Waals surface area contributed by atoms with Crippen LogP contribution < -0.4 is 0 Å². The van der Waals surface area contributed by atoms with Crippen molar-refractivity contribution in [1.82, 2.24) is 0 Å². The minimum atomic E-state index is -1.28. The number of rotatable bonds is 3. The Morgan fingerprint density at radius 1 is 1.21 bits per heavy atom. The van der Waals surface area contributed by atoms with E-state index in [0.29, 0.717) is 16.0 Å². The van der Waals surface area contributed by atoms with Crippen molar-refractivity contribution in [2.45, 2.75) is 17.6 Å². The zero-order chi connectivity index (χ0) is 13.8. The average Bonchev–Trinajstić information content (AvgIpc) is 2.39. The first-order chi connectivity index (χ1) is 9.10. The van der Waals surface area contributed by atoms with Crippen LogP contribution in [0.3, 0.4) is 0 Å². The lowest BCUT2D eigenvalue weighted by atomic mass is 10.1. The Balaban J connectivity index is 2.26. The topological polar surface area (TPSA) is 40.9 Å². The van der Waals surface area contributed by atoms with E-state index in [9.17, 15) is 8.60 Å². The molecule has 1 unspecified atom stereocenters. The lowest BCUT2D eigenvalue weighted by Gasteiger charge is -2.05. The Morgan fingerprint density at radius 3 is 2.53 bits per heavy atom. The monoisotopic (exact) mass is 273 g/mol. The highest BCUT2D eigenvalue weighted by Crippen LogP contribution is 2.17. The maximum Gasteiger partial charge on any atom is 0.123 e. The number of nitrogens with zero attached hydrogens (tertiary/aromatic N) is 1.